The Bertz CT molecular complexity index is 327. The van der Waals surface area contributed by atoms with Crippen LogP contribution in [0.15, 0.2) is 0 Å². The third-order valence-electron chi connectivity index (χ3n) is 3.32. The van der Waals surface area contributed by atoms with Crippen molar-refractivity contribution in [3.63, 3.8) is 0 Å². The van der Waals surface area contributed by atoms with E-state index in [-0.39, 0.29) is 13.2 Å². The maximum Gasteiger partial charge on any atom is 0.319 e. The fourth-order valence-corrected chi connectivity index (χ4v) is 2.59. The van der Waals surface area contributed by atoms with E-state index in [0.717, 1.165) is 25.7 Å². The lowest BCUT2D eigenvalue weighted by atomic mass is 10.0. The molecular formula is C14H27O7P. The van der Waals surface area contributed by atoms with Crippen molar-refractivity contribution in [1.29, 1.82) is 0 Å². The molecule has 2 unspecified atom stereocenters. The second kappa shape index (κ2) is 12.6. The highest BCUT2D eigenvalue weighted by atomic mass is 31.1. The molecule has 0 aromatic rings. The quantitative estimate of drug-likeness (QED) is 0.468. The van der Waals surface area contributed by atoms with Crippen molar-refractivity contribution < 1.29 is 33.4 Å². The standard InChI is InChI=1S/C14H27O7P/c1-3-5-7-11(13(15)16)9-20-22(19)21-10-12(14(17)18)8-6-4-2/h11-12,22H,3-10H2,1-2H3,(H,15,16)(H,17,18). The number of hydrogen-bond donors (Lipinski definition) is 2. The van der Waals surface area contributed by atoms with Gasteiger partial charge in [0, 0.05) is 0 Å². The van der Waals surface area contributed by atoms with E-state index in [0.29, 0.717) is 12.8 Å². The highest BCUT2D eigenvalue weighted by Crippen LogP contribution is 2.27. The fourth-order valence-electron chi connectivity index (χ4n) is 1.84. The van der Waals surface area contributed by atoms with E-state index in [4.69, 9.17) is 19.3 Å². The molecule has 0 bridgehead atoms. The molecule has 8 heteroatoms. The number of aliphatic carboxylic acids is 2. The van der Waals surface area contributed by atoms with Crippen LogP contribution in [0.5, 0.6) is 0 Å². The van der Waals surface area contributed by atoms with Crippen molar-refractivity contribution in [2.75, 3.05) is 13.2 Å². The van der Waals surface area contributed by atoms with Crippen LogP contribution in [0.3, 0.4) is 0 Å². The predicted molar refractivity (Wildman–Crippen MR) is 82.2 cm³/mol. The fraction of sp³-hybridized carbons (Fsp3) is 0.857. The van der Waals surface area contributed by atoms with Crippen LogP contribution in [0.2, 0.25) is 0 Å². The molecule has 7 nitrogen and oxygen atoms in total. The molecular weight excluding hydrogens is 311 g/mol. The summed E-state index contributed by atoms with van der Waals surface area (Å²) in [7, 11) is -2.87. The summed E-state index contributed by atoms with van der Waals surface area (Å²) in [4.78, 5) is 22.0. The van der Waals surface area contributed by atoms with Crippen molar-refractivity contribution in [2.24, 2.45) is 11.8 Å². The first-order valence-corrected chi connectivity index (χ1v) is 8.89. The summed E-state index contributed by atoms with van der Waals surface area (Å²) < 4.78 is 21.5. The van der Waals surface area contributed by atoms with Crippen LogP contribution in [0.4, 0.5) is 0 Å². The SMILES string of the molecule is CCCCC(CO[PH](=O)OCC(CCCC)C(=O)O)C(=O)O. The number of carboxylic acid groups (broad SMARTS) is 2. The Morgan fingerprint density at radius 2 is 1.27 bits per heavy atom. The van der Waals surface area contributed by atoms with Crippen molar-refractivity contribution in [1.82, 2.24) is 0 Å². The summed E-state index contributed by atoms with van der Waals surface area (Å²) in [5, 5.41) is 18.0. The first-order chi connectivity index (χ1) is 10.4. The lowest BCUT2D eigenvalue weighted by Gasteiger charge is -2.14. The van der Waals surface area contributed by atoms with Crippen molar-refractivity contribution >= 4 is 20.2 Å². The van der Waals surface area contributed by atoms with E-state index >= 15 is 0 Å². The Balaban J connectivity index is 4.14. The molecule has 0 radical (unpaired) electrons. The number of rotatable bonds is 14. The number of hydrogen-bond acceptors (Lipinski definition) is 5. The summed E-state index contributed by atoms with van der Waals surface area (Å²) in [6.07, 6.45) is 4.14. The minimum Gasteiger partial charge on any atom is -0.481 e. The molecule has 0 saturated carbocycles. The van der Waals surface area contributed by atoms with Crippen LogP contribution in [0.25, 0.3) is 0 Å². The average molecular weight is 338 g/mol. The van der Waals surface area contributed by atoms with Crippen molar-refractivity contribution in [2.45, 2.75) is 52.4 Å². The molecule has 0 aromatic heterocycles. The zero-order chi connectivity index (χ0) is 17.0. The first-order valence-electron chi connectivity index (χ1n) is 7.67. The summed E-state index contributed by atoms with van der Waals surface area (Å²) in [6, 6.07) is 0. The number of carbonyl (C=O) groups is 2. The minimum absolute atomic E-state index is 0.181. The normalized spacial score (nSPS) is 15.2. The van der Waals surface area contributed by atoms with E-state index in [1.54, 1.807) is 0 Å². The third kappa shape index (κ3) is 9.92. The lowest BCUT2D eigenvalue weighted by molar-refractivity contribution is -0.143. The molecule has 0 fully saturated rings. The Labute approximate surface area is 132 Å². The Morgan fingerprint density at radius 3 is 1.55 bits per heavy atom. The van der Waals surface area contributed by atoms with Gasteiger partial charge in [-0.05, 0) is 12.8 Å². The summed E-state index contributed by atoms with van der Waals surface area (Å²) >= 11 is 0. The van der Waals surface area contributed by atoms with Crippen LogP contribution in [0.1, 0.15) is 52.4 Å². The predicted octanol–water partition coefficient (Wildman–Crippen LogP) is 3.19. The van der Waals surface area contributed by atoms with Gasteiger partial charge in [0.25, 0.3) is 0 Å². The van der Waals surface area contributed by atoms with E-state index in [2.05, 4.69) is 0 Å². The minimum atomic E-state index is -2.87. The van der Waals surface area contributed by atoms with Crippen LogP contribution in [0, 0.1) is 11.8 Å². The average Bonchev–Trinajstić information content (AvgIpc) is 2.46. The molecule has 2 atom stereocenters. The molecule has 0 aliphatic carbocycles. The molecule has 0 spiro atoms. The van der Waals surface area contributed by atoms with Gasteiger partial charge in [0.05, 0.1) is 25.0 Å². The van der Waals surface area contributed by atoms with Gasteiger partial charge in [-0.3, -0.25) is 14.2 Å². The van der Waals surface area contributed by atoms with Crippen molar-refractivity contribution in [3.05, 3.63) is 0 Å². The van der Waals surface area contributed by atoms with E-state index in [1.165, 1.54) is 0 Å². The molecule has 0 heterocycles. The maximum absolute atomic E-state index is 11.6. The molecule has 22 heavy (non-hydrogen) atoms. The smallest absolute Gasteiger partial charge is 0.319 e. The number of carboxylic acids is 2. The van der Waals surface area contributed by atoms with Gasteiger partial charge in [0.15, 0.2) is 0 Å². The van der Waals surface area contributed by atoms with Gasteiger partial charge in [-0.25, -0.2) is 0 Å². The van der Waals surface area contributed by atoms with E-state index < -0.39 is 32.0 Å². The van der Waals surface area contributed by atoms with Crippen molar-refractivity contribution in [3.8, 4) is 0 Å². The summed E-state index contributed by atoms with van der Waals surface area (Å²) in [5.41, 5.74) is 0. The molecule has 0 saturated heterocycles. The topological polar surface area (TPSA) is 110 Å². The van der Waals surface area contributed by atoms with E-state index in [9.17, 15) is 14.2 Å². The molecule has 130 valence electrons. The molecule has 0 aromatic carbocycles. The molecule has 0 amide bonds. The van der Waals surface area contributed by atoms with Gasteiger partial charge in [0.2, 0.25) is 0 Å². The van der Waals surface area contributed by atoms with Crippen LogP contribution in [-0.4, -0.2) is 35.4 Å². The Kier molecular flexibility index (Phi) is 12.1. The monoisotopic (exact) mass is 338 g/mol. The first kappa shape index (κ1) is 21.1. The molecule has 0 rings (SSSR count). The highest BCUT2D eigenvalue weighted by Gasteiger charge is 2.21. The van der Waals surface area contributed by atoms with Gasteiger partial charge >= 0.3 is 20.2 Å². The molecule has 2 N–H and O–H groups in total. The zero-order valence-electron chi connectivity index (χ0n) is 13.2. The summed E-state index contributed by atoms with van der Waals surface area (Å²) in [5.74, 6) is -3.41. The largest absolute Gasteiger partial charge is 0.481 e. The Morgan fingerprint density at radius 1 is 0.909 bits per heavy atom. The second-order valence-electron chi connectivity index (χ2n) is 5.23. The van der Waals surface area contributed by atoms with Gasteiger partial charge in [-0.1, -0.05) is 39.5 Å². The van der Waals surface area contributed by atoms with Crippen LogP contribution in [-0.2, 0) is 23.2 Å². The summed E-state index contributed by atoms with van der Waals surface area (Å²) in [6.45, 7) is 3.54. The molecule has 0 aliphatic heterocycles. The van der Waals surface area contributed by atoms with Gasteiger partial charge in [-0.2, -0.15) is 0 Å². The third-order valence-corrected chi connectivity index (χ3v) is 4.12. The van der Waals surface area contributed by atoms with Gasteiger partial charge in [-0.15, -0.1) is 0 Å². The second-order valence-corrected chi connectivity index (χ2v) is 6.30. The van der Waals surface area contributed by atoms with E-state index in [1.807, 2.05) is 13.8 Å². The van der Waals surface area contributed by atoms with Crippen LogP contribution >= 0.6 is 8.25 Å². The van der Waals surface area contributed by atoms with Gasteiger partial charge < -0.3 is 19.3 Å². The van der Waals surface area contributed by atoms with Crippen LogP contribution < -0.4 is 0 Å². The highest BCUT2D eigenvalue weighted by molar-refractivity contribution is 7.33. The Hall–Kier alpha value is -0.910. The maximum atomic E-state index is 11.6. The van der Waals surface area contributed by atoms with Gasteiger partial charge in [0.1, 0.15) is 0 Å². The number of unbranched alkanes of at least 4 members (excludes halogenated alkanes) is 2. The lowest BCUT2D eigenvalue weighted by Crippen LogP contribution is -2.20. The zero-order valence-corrected chi connectivity index (χ0v) is 14.2. The molecule has 0 aliphatic rings.